The second kappa shape index (κ2) is 9.01. The standard InChI is InChI=1S/C21H25N3O3S/c1-3-19(25)22-15-10-9-14(2)16(13-15)23-20(26)17-7-4-5-11-24(17)21(27)18-8-6-12-28-18/h6,8-10,12-13,17H,3-5,7,11H2,1-2H3,(H,22,25)(H,23,26). The molecule has 0 spiro atoms. The van der Waals surface area contributed by atoms with E-state index in [1.807, 2.05) is 30.5 Å². The highest BCUT2D eigenvalue weighted by Gasteiger charge is 2.33. The van der Waals surface area contributed by atoms with E-state index >= 15 is 0 Å². The molecular weight excluding hydrogens is 374 g/mol. The van der Waals surface area contributed by atoms with E-state index in [9.17, 15) is 14.4 Å². The normalized spacial score (nSPS) is 16.5. The summed E-state index contributed by atoms with van der Waals surface area (Å²) in [4.78, 5) is 39.8. The molecule has 2 heterocycles. The number of carbonyl (C=O) groups excluding carboxylic acids is 3. The summed E-state index contributed by atoms with van der Waals surface area (Å²) in [5, 5.41) is 7.63. The van der Waals surface area contributed by atoms with Gasteiger partial charge in [-0.25, -0.2) is 0 Å². The molecule has 0 saturated carbocycles. The summed E-state index contributed by atoms with van der Waals surface area (Å²) in [6.45, 7) is 4.27. The van der Waals surface area contributed by atoms with Crippen LogP contribution in [0.2, 0.25) is 0 Å². The number of carbonyl (C=O) groups is 3. The lowest BCUT2D eigenvalue weighted by Crippen LogP contribution is -2.49. The molecular formula is C21H25N3O3S. The fraction of sp³-hybridized carbons (Fsp3) is 0.381. The number of nitrogens with zero attached hydrogens (tertiary/aromatic N) is 1. The van der Waals surface area contributed by atoms with E-state index in [1.165, 1.54) is 11.3 Å². The Bertz CT molecular complexity index is 864. The largest absolute Gasteiger partial charge is 0.326 e. The maximum atomic E-state index is 13.0. The predicted octanol–water partition coefficient (Wildman–Crippen LogP) is 4.04. The molecule has 1 aromatic heterocycles. The molecule has 1 aliphatic heterocycles. The highest BCUT2D eigenvalue weighted by atomic mass is 32.1. The fourth-order valence-electron chi connectivity index (χ4n) is 3.29. The Morgan fingerprint density at radius 3 is 2.71 bits per heavy atom. The Morgan fingerprint density at radius 1 is 1.18 bits per heavy atom. The Hall–Kier alpha value is -2.67. The summed E-state index contributed by atoms with van der Waals surface area (Å²) < 4.78 is 0. The van der Waals surface area contributed by atoms with Gasteiger partial charge in [0, 0.05) is 24.3 Å². The molecule has 6 nitrogen and oxygen atoms in total. The first kappa shape index (κ1) is 20.1. The van der Waals surface area contributed by atoms with Crippen molar-refractivity contribution in [3.63, 3.8) is 0 Å². The first-order valence-electron chi connectivity index (χ1n) is 9.55. The number of hydrogen-bond acceptors (Lipinski definition) is 4. The molecule has 0 aliphatic carbocycles. The number of anilines is 2. The van der Waals surface area contributed by atoms with Crippen molar-refractivity contribution >= 4 is 40.4 Å². The van der Waals surface area contributed by atoms with Gasteiger partial charge in [0.15, 0.2) is 0 Å². The molecule has 2 N–H and O–H groups in total. The number of nitrogens with one attached hydrogen (secondary N) is 2. The number of aryl methyl sites for hydroxylation is 1. The van der Waals surface area contributed by atoms with Crippen molar-refractivity contribution in [2.75, 3.05) is 17.2 Å². The maximum Gasteiger partial charge on any atom is 0.264 e. The lowest BCUT2D eigenvalue weighted by atomic mass is 10.0. The first-order chi connectivity index (χ1) is 13.5. The smallest absolute Gasteiger partial charge is 0.264 e. The lowest BCUT2D eigenvalue weighted by molar-refractivity contribution is -0.121. The molecule has 3 amide bonds. The second-order valence-corrected chi connectivity index (χ2v) is 7.86. The molecule has 148 valence electrons. The van der Waals surface area contributed by atoms with Crippen LogP contribution in [0.4, 0.5) is 11.4 Å². The third-order valence-electron chi connectivity index (χ3n) is 4.90. The molecule has 1 unspecified atom stereocenters. The van der Waals surface area contributed by atoms with Crippen LogP contribution in [0, 0.1) is 6.92 Å². The number of rotatable bonds is 5. The SMILES string of the molecule is CCC(=O)Nc1ccc(C)c(NC(=O)C2CCCCN2C(=O)c2cccs2)c1. The first-order valence-corrected chi connectivity index (χ1v) is 10.4. The van der Waals surface area contributed by atoms with Gasteiger partial charge in [-0.05, 0) is 55.3 Å². The summed E-state index contributed by atoms with van der Waals surface area (Å²) in [5.74, 6) is -0.358. The maximum absolute atomic E-state index is 13.0. The number of thiophene rings is 1. The molecule has 1 aromatic carbocycles. The number of likely N-dealkylation sites (tertiary alicyclic amines) is 1. The van der Waals surface area contributed by atoms with E-state index in [1.54, 1.807) is 24.0 Å². The molecule has 28 heavy (non-hydrogen) atoms. The van der Waals surface area contributed by atoms with E-state index in [-0.39, 0.29) is 17.7 Å². The molecule has 0 bridgehead atoms. The van der Waals surface area contributed by atoms with Crippen LogP contribution in [0.3, 0.4) is 0 Å². The molecule has 1 saturated heterocycles. The van der Waals surface area contributed by atoms with Crippen LogP contribution in [0.1, 0.15) is 47.8 Å². The van der Waals surface area contributed by atoms with Crippen molar-refractivity contribution in [1.29, 1.82) is 0 Å². The minimum atomic E-state index is -0.489. The molecule has 1 aliphatic rings. The Kier molecular flexibility index (Phi) is 6.46. The fourth-order valence-corrected chi connectivity index (χ4v) is 3.97. The van der Waals surface area contributed by atoms with E-state index in [4.69, 9.17) is 0 Å². The summed E-state index contributed by atoms with van der Waals surface area (Å²) in [6, 6.07) is 8.57. The number of amides is 3. The highest BCUT2D eigenvalue weighted by Crippen LogP contribution is 2.25. The Morgan fingerprint density at radius 2 is 2.00 bits per heavy atom. The van der Waals surface area contributed by atoms with Crippen LogP contribution < -0.4 is 10.6 Å². The third kappa shape index (κ3) is 4.59. The van der Waals surface area contributed by atoms with Gasteiger partial charge in [-0.2, -0.15) is 0 Å². The van der Waals surface area contributed by atoms with Crippen molar-refractivity contribution in [3.8, 4) is 0 Å². The van der Waals surface area contributed by atoms with Crippen LogP contribution >= 0.6 is 11.3 Å². The van der Waals surface area contributed by atoms with Crippen LogP contribution in [0.5, 0.6) is 0 Å². The van der Waals surface area contributed by atoms with E-state index in [0.717, 1.165) is 18.4 Å². The van der Waals surface area contributed by atoms with Crippen molar-refractivity contribution in [2.45, 2.75) is 45.6 Å². The van der Waals surface area contributed by atoms with Crippen molar-refractivity contribution in [3.05, 3.63) is 46.2 Å². The van der Waals surface area contributed by atoms with Gasteiger partial charge < -0.3 is 15.5 Å². The lowest BCUT2D eigenvalue weighted by Gasteiger charge is -2.34. The Balaban J connectivity index is 1.76. The molecule has 0 radical (unpaired) electrons. The minimum Gasteiger partial charge on any atom is -0.326 e. The molecule has 2 aromatic rings. The van der Waals surface area contributed by atoms with Gasteiger partial charge in [-0.1, -0.05) is 19.1 Å². The number of piperidine rings is 1. The van der Waals surface area contributed by atoms with Gasteiger partial charge in [0.2, 0.25) is 11.8 Å². The molecule has 7 heteroatoms. The van der Waals surface area contributed by atoms with Gasteiger partial charge in [0.25, 0.3) is 5.91 Å². The van der Waals surface area contributed by atoms with Crippen molar-refractivity contribution in [2.24, 2.45) is 0 Å². The second-order valence-electron chi connectivity index (χ2n) is 6.91. The van der Waals surface area contributed by atoms with Gasteiger partial charge in [-0.3, -0.25) is 14.4 Å². The van der Waals surface area contributed by atoms with E-state index in [2.05, 4.69) is 10.6 Å². The minimum absolute atomic E-state index is 0.0823. The van der Waals surface area contributed by atoms with Crippen LogP contribution in [-0.4, -0.2) is 35.2 Å². The Labute approximate surface area is 168 Å². The number of benzene rings is 1. The summed E-state index contributed by atoms with van der Waals surface area (Å²) in [7, 11) is 0. The zero-order valence-electron chi connectivity index (χ0n) is 16.2. The van der Waals surface area contributed by atoms with Crippen LogP contribution in [0.25, 0.3) is 0 Å². The zero-order valence-corrected chi connectivity index (χ0v) is 17.0. The number of hydrogen-bond donors (Lipinski definition) is 2. The summed E-state index contributed by atoms with van der Waals surface area (Å²) in [5.41, 5.74) is 2.19. The predicted molar refractivity (Wildman–Crippen MR) is 112 cm³/mol. The van der Waals surface area contributed by atoms with E-state index < -0.39 is 6.04 Å². The monoisotopic (exact) mass is 399 g/mol. The zero-order chi connectivity index (χ0) is 20.1. The summed E-state index contributed by atoms with van der Waals surface area (Å²) in [6.07, 6.45) is 2.85. The molecule has 1 atom stereocenters. The van der Waals surface area contributed by atoms with Crippen molar-refractivity contribution in [1.82, 2.24) is 4.90 Å². The van der Waals surface area contributed by atoms with Gasteiger partial charge in [-0.15, -0.1) is 11.3 Å². The molecule has 1 fully saturated rings. The third-order valence-corrected chi connectivity index (χ3v) is 5.76. The van der Waals surface area contributed by atoms with E-state index in [0.29, 0.717) is 35.6 Å². The topological polar surface area (TPSA) is 78.5 Å². The quantitative estimate of drug-likeness (QED) is 0.796. The summed E-state index contributed by atoms with van der Waals surface area (Å²) >= 11 is 1.39. The average molecular weight is 400 g/mol. The highest BCUT2D eigenvalue weighted by molar-refractivity contribution is 7.12. The van der Waals surface area contributed by atoms with Crippen LogP contribution in [0.15, 0.2) is 35.7 Å². The van der Waals surface area contributed by atoms with Crippen LogP contribution in [-0.2, 0) is 9.59 Å². The van der Waals surface area contributed by atoms with Gasteiger partial charge in [0.05, 0.1) is 4.88 Å². The average Bonchev–Trinajstić information content (AvgIpc) is 3.24. The van der Waals surface area contributed by atoms with Crippen molar-refractivity contribution < 1.29 is 14.4 Å². The van der Waals surface area contributed by atoms with Gasteiger partial charge >= 0.3 is 0 Å². The molecule has 3 rings (SSSR count). The van der Waals surface area contributed by atoms with Gasteiger partial charge in [0.1, 0.15) is 6.04 Å².